The fourth-order valence-electron chi connectivity index (χ4n) is 2.19. The number of hydrogen-bond donors (Lipinski definition) is 2. The number of ether oxygens (including phenoxy) is 2. The first-order chi connectivity index (χ1) is 13.3. The van der Waals surface area contributed by atoms with Crippen LogP contribution in [0.2, 0.25) is 0 Å². The Balaban J connectivity index is 2.31. The van der Waals surface area contributed by atoms with Gasteiger partial charge in [0.05, 0.1) is 7.11 Å². The SMILES string of the molecule is COc1cc(/C=C(/C#N)C(=O)NC(N)=O)c(Br)cc1OCc1ccccc1F. The van der Waals surface area contributed by atoms with Crippen molar-refractivity contribution in [1.82, 2.24) is 5.32 Å². The third-order valence-corrected chi connectivity index (χ3v) is 4.21. The zero-order valence-corrected chi connectivity index (χ0v) is 16.2. The minimum absolute atomic E-state index is 0.0187. The van der Waals surface area contributed by atoms with Crippen molar-refractivity contribution in [3.8, 4) is 17.6 Å². The predicted molar refractivity (Wildman–Crippen MR) is 103 cm³/mol. The van der Waals surface area contributed by atoms with E-state index in [0.29, 0.717) is 27.1 Å². The maximum atomic E-state index is 13.7. The van der Waals surface area contributed by atoms with Gasteiger partial charge in [0.1, 0.15) is 24.1 Å². The van der Waals surface area contributed by atoms with Crippen LogP contribution in [-0.4, -0.2) is 19.0 Å². The van der Waals surface area contributed by atoms with E-state index >= 15 is 0 Å². The van der Waals surface area contributed by atoms with E-state index in [9.17, 15) is 14.0 Å². The summed E-state index contributed by atoms with van der Waals surface area (Å²) in [4.78, 5) is 22.6. The topological polar surface area (TPSA) is 114 Å². The molecule has 0 bridgehead atoms. The number of carbonyl (C=O) groups is 2. The highest BCUT2D eigenvalue weighted by molar-refractivity contribution is 9.10. The summed E-state index contributed by atoms with van der Waals surface area (Å²) in [7, 11) is 1.41. The van der Waals surface area contributed by atoms with E-state index < -0.39 is 11.9 Å². The van der Waals surface area contributed by atoms with Crippen LogP contribution in [0.4, 0.5) is 9.18 Å². The number of hydrogen-bond acceptors (Lipinski definition) is 5. The number of nitrogens with two attached hydrogens (primary N) is 1. The number of nitriles is 1. The Morgan fingerprint density at radius 3 is 2.64 bits per heavy atom. The number of urea groups is 1. The van der Waals surface area contributed by atoms with E-state index in [1.165, 1.54) is 25.3 Å². The lowest BCUT2D eigenvalue weighted by molar-refractivity contribution is -0.115. The van der Waals surface area contributed by atoms with E-state index in [-0.39, 0.29) is 18.0 Å². The first kappa shape index (κ1) is 20.9. The molecule has 0 unspecified atom stereocenters. The molecule has 0 aliphatic carbocycles. The van der Waals surface area contributed by atoms with Gasteiger partial charge < -0.3 is 15.2 Å². The zero-order valence-electron chi connectivity index (χ0n) is 14.7. The van der Waals surface area contributed by atoms with Gasteiger partial charge in [-0.15, -0.1) is 0 Å². The van der Waals surface area contributed by atoms with Gasteiger partial charge >= 0.3 is 6.03 Å². The van der Waals surface area contributed by atoms with Gasteiger partial charge in [-0.3, -0.25) is 10.1 Å². The number of imide groups is 1. The van der Waals surface area contributed by atoms with Crippen molar-refractivity contribution >= 4 is 33.9 Å². The van der Waals surface area contributed by atoms with Crippen LogP contribution in [0.3, 0.4) is 0 Å². The number of rotatable bonds is 6. The maximum absolute atomic E-state index is 13.7. The van der Waals surface area contributed by atoms with Crippen LogP contribution in [0.15, 0.2) is 46.4 Å². The summed E-state index contributed by atoms with van der Waals surface area (Å²) < 4.78 is 25.1. The van der Waals surface area contributed by atoms with E-state index in [2.05, 4.69) is 15.9 Å². The molecule has 0 radical (unpaired) electrons. The number of carbonyl (C=O) groups excluding carboxylic acids is 2. The summed E-state index contributed by atoms with van der Waals surface area (Å²) in [5, 5.41) is 11.0. The van der Waals surface area contributed by atoms with Crippen LogP contribution < -0.4 is 20.5 Å². The second kappa shape index (κ2) is 9.53. The fraction of sp³-hybridized carbons (Fsp3) is 0.105. The van der Waals surface area contributed by atoms with Crippen molar-refractivity contribution in [3.05, 3.63) is 63.4 Å². The number of nitrogens with zero attached hydrogens (tertiary/aromatic N) is 1. The highest BCUT2D eigenvalue weighted by Gasteiger charge is 2.15. The highest BCUT2D eigenvalue weighted by Crippen LogP contribution is 2.35. The van der Waals surface area contributed by atoms with Crippen LogP contribution in [-0.2, 0) is 11.4 Å². The number of benzene rings is 2. The van der Waals surface area contributed by atoms with Crippen LogP contribution in [0, 0.1) is 17.1 Å². The molecule has 144 valence electrons. The van der Waals surface area contributed by atoms with Gasteiger partial charge in [0, 0.05) is 10.0 Å². The van der Waals surface area contributed by atoms with Gasteiger partial charge in [0.15, 0.2) is 11.5 Å². The number of methoxy groups -OCH3 is 1. The standard InChI is InChI=1S/C19H15BrFN3O4/c1-27-16-7-12(6-13(9-22)18(25)24-19(23)26)14(20)8-17(16)28-10-11-4-2-3-5-15(11)21/h2-8H,10H2,1H3,(H3,23,24,25,26)/b13-6-. The summed E-state index contributed by atoms with van der Waals surface area (Å²) >= 11 is 3.32. The average Bonchev–Trinajstić information content (AvgIpc) is 2.65. The molecule has 0 heterocycles. The Morgan fingerprint density at radius 2 is 2.04 bits per heavy atom. The second-order valence-electron chi connectivity index (χ2n) is 5.39. The van der Waals surface area contributed by atoms with Crippen molar-refractivity contribution in [2.45, 2.75) is 6.61 Å². The van der Waals surface area contributed by atoms with E-state index in [1.807, 2.05) is 5.32 Å². The fourth-order valence-corrected chi connectivity index (χ4v) is 2.62. The van der Waals surface area contributed by atoms with Crippen LogP contribution in [0.25, 0.3) is 6.08 Å². The van der Waals surface area contributed by atoms with Crippen LogP contribution in [0.5, 0.6) is 11.5 Å². The van der Waals surface area contributed by atoms with Crippen molar-refractivity contribution < 1.29 is 23.5 Å². The van der Waals surface area contributed by atoms with Gasteiger partial charge in [0.25, 0.3) is 5.91 Å². The molecule has 0 aromatic heterocycles. The third kappa shape index (κ3) is 5.31. The molecule has 2 aromatic carbocycles. The van der Waals surface area contributed by atoms with Crippen molar-refractivity contribution in [3.63, 3.8) is 0 Å². The summed E-state index contributed by atoms with van der Waals surface area (Å²) in [5.74, 6) is -0.687. The molecule has 28 heavy (non-hydrogen) atoms. The molecular formula is C19H15BrFN3O4. The first-order valence-electron chi connectivity index (χ1n) is 7.82. The Hall–Kier alpha value is -3.38. The van der Waals surface area contributed by atoms with Crippen LogP contribution in [0.1, 0.15) is 11.1 Å². The molecule has 9 heteroatoms. The Kier molecular flexibility index (Phi) is 7.12. The molecule has 0 atom stereocenters. The summed E-state index contributed by atoms with van der Waals surface area (Å²) in [6.07, 6.45) is 1.26. The Bertz CT molecular complexity index is 986. The summed E-state index contributed by atoms with van der Waals surface area (Å²) in [6.45, 7) is -0.0187. The second-order valence-corrected chi connectivity index (χ2v) is 6.25. The molecule has 2 rings (SSSR count). The smallest absolute Gasteiger partial charge is 0.319 e. The van der Waals surface area contributed by atoms with Gasteiger partial charge in [-0.1, -0.05) is 34.1 Å². The molecule has 0 aliphatic heterocycles. The molecule has 7 nitrogen and oxygen atoms in total. The number of primary amides is 1. The molecule has 0 aliphatic rings. The minimum Gasteiger partial charge on any atom is -0.493 e. The monoisotopic (exact) mass is 447 g/mol. The minimum atomic E-state index is -1.07. The maximum Gasteiger partial charge on any atom is 0.319 e. The zero-order chi connectivity index (χ0) is 20.7. The largest absolute Gasteiger partial charge is 0.493 e. The van der Waals surface area contributed by atoms with Crippen molar-refractivity contribution in [2.24, 2.45) is 5.73 Å². The molecule has 2 aromatic rings. The predicted octanol–water partition coefficient (Wildman–Crippen LogP) is 3.28. The molecule has 3 amide bonds. The molecule has 3 N–H and O–H groups in total. The van der Waals surface area contributed by atoms with Gasteiger partial charge in [-0.25, -0.2) is 9.18 Å². The third-order valence-electron chi connectivity index (χ3n) is 3.53. The lowest BCUT2D eigenvalue weighted by Gasteiger charge is -2.13. The molecular weight excluding hydrogens is 433 g/mol. The van der Waals surface area contributed by atoms with Crippen molar-refractivity contribution in [1.29, 1.82) is 5.26 Å². The first-order valence-corrected chi connectivity index (χ1v) is 8.61. The van der Waals surface area contributed by atoms with Gasteiger partial charge in [-0.2, -0.15) is 5.26 Å². The normalized spacial score (nSPS) is 10.7. The number of amides is 3. The van der Waals surface area contributed by atoms with E-state index in [4.69, 9.17) is 20.5 Å². The van der Waals surface area contributed by atoms with Gasteiger partial charge in [0.2, 0.25) is 0 Å². The molecule has 0 spiro atoms. The van der Waals surface area contributed by atoms with Crippen LogP contribution >= 0.6 is 15.9 Å². The Morgan fingerprint density at radius 1 is 1.32 bits per heavy atom. The Labute approximate surface area is 168 Å². The van der Waals surface area contributed by atoms with Gasteiger partial charge in [-0.05, 0) is 29.8 Å². The van der Waals surface area contributed by atoms with E-state index in [0.717, 1.165) is 0 Å². The molecule has 0 saturated carbocycles. The summed E-state index contributed by atoms with van der Waals surface area (Å²) in [6, 6.07) is 9.93. The quantitative estimate of drug-likeness (QED) is 0.520. The lowest BCUT2D eigenvalue weighted by Crippen LogP contribution is -2.35. The molecule has 0 fully saturated rings. The lowest BCUT2D eigenvalue weighted by atomic mass is 10.1. The van der Waals surface area contributed by atoms with E-state index in [1.54, 1.807) is 30.3 Å². The average molecular weight is 448 g/mol. The van der Waals surface area contributed by atoms with Crippen molar-refractivity contribution in [2.75, 3.05) is 7.11 Å². The summed E-state index contributed by atoms with van der Waals surface area (Å²) in [5.41, 5.74) is 5.35. The number of nitrogens with one attached hydrogen (secondary N) is 1. The highest BCUT2D eigenvalue weighted by atomic mass is 79.9. The number of halogens is 2. The molecule has 0 saturated heterocycles.